The Morgan fingerprint density at radius 2 is 2.25 bits per heavy atom. The van der Waals surface area contributed by atoms with Crippen molar-refractivity contribution >= 4 is 22.9 Å². The summed E-state index contributed by atoms with van der Waals surface area (Å²) in [5.74, 6) is 0.499. The van der Waals surface area contributed by atoms with Crippen LogP contribution < -0.4 is 15.8 Å². The molecule has 1 aromatic carbocycles. The third-order valence-electron chi connectivity index (χ3n) is 2.81. The maximum Gasteiger partial charge on any atom is 0.251 e. The number of carbonyl (C=O) groups excluding carboxylic acids is 1. The zero-order valence-corrected chi connectivity index (χ0v) is 12.2. The van der Waals surface area contributed by atoms with Crippen LogP contribution >= 0.6 is 11.3 Å². The lowest BCUT2D eigenvalue weighted by Crippen LogP contribution is -2.25. The molecule has 0 radical (unpaired) electrons. The smallest absolute Gasteiger partial charge is 0.251 e. The molecule has 0 aliphatic rings. The molecule has 3 N–H and O–H groups in total. The summed E-state index contributed by atoms with van der Waals surface area (Å²) in [5.41, 5.74) is 6.88. The van der Waals surface area contributed by atoms with E-state index < -0.39 is 0 Å². The van der Waals surface area contributed by atoms with Crippen LogP contribution in [0.4, 0.5) is 5.69 Å². The number of benzene rings is 1. The number of carbonyl (C=O) groups is 1. The molecule has 0 aliphatic heterocycles. The zero-order valence-electron chi connectivity index (χ0n) is 11.4. The number of rotatable bonds is 6. The first-order chi connectivity index (χ1) is 9.70. The largest absolute Gasteiger partial charge is 0.492 e. The first-order valence-corrected chi connectivity index (χ1v) is 7.41. The van der Waals surface area contributed by atoms with E-state index in [-0.39, 0.29) is 5.91 Å². The van der Waals surface area contributed by atoms with Crippen LogP contribution in [0.5, 0.6) is 5.75 Å². The van der Waals surface area contributed by atoms with Gasteiger partial charge in [-0.3, -0.25) is 4.79 Å². The van der Waals surface area contributed by atoms with E-state index in [1.807, 2.05) is 18.4 Å². The molecule has 0 bridgehead atoms. The summed E-state index contributed by atoms with van der Waals surface area (Å²) < 4.78 is 5.35. The van der Waals surface area contributed by atoms with E-state index in [1.165, 1.54) is 4.88 Å². The quantitative estimate of drug-likeness (QED) is 0.804. The summed E-state index contributed by atoms with van der Waals surface area (Å²) in [6, 6.07) is 9.17. The van der Waals surface area contributed by atoms with Crippen LogP contribution in [0.3, 0.4) is 0 Å². The summed E-state index contributed by atoms with van der Waals surface area (Å²) >= 11 is 1.69. The van der Waals surface area contributed by atoms with Crippen molar-refractivity contribution in [2.75, 3.05) is 18.9 Å². The minimum absolute atomic E-state index is 0.115. The van der Waals surface area contributed by atoms with Crippen molar-refractivity contribution in [1.29, 1.82) is 0 Å². The second-order valence-electron chi connectivity index (χ2n) is 4.27. The van der Waals surface area contributed by atoms with Gasteiger partial charge in [-0.1, -0.05) is 6.07 Å². The van der Waals surface area contributed by atoms with Crippen molar-refractivity contribution < 1.29 is 9.53 Å². The van der Waals surface area contributed by atoms with Gasteiger partial charge in [0.25, 0.3) is 5.91 Å². The minimum atomic E-state index is -0.115. The normalized spacial score (nSPS) is 10.2. The van der Waals surface area contributed by atoms with Crippen LogP contribution in [-0.2, 0) is 6.42 Å². The molecule has 4 nitrogen and oxygen atoms in total. The summed E-state index contributed by atoms with van der Waals surface area (Å²) in [6.45, 7) is 3.06. The van der Waals surface area contributed by atoms with Crippen LogP contribution in [-0.4, -0.2) is 19.1 Å². The van der Waals surface area contributed by atoms with Crippen LogP contribution in [0.25, 0.3) is 0 Å². The summed E-state index contributed by atoms with van der Waals surface area (Å²) in [5, 5.41) is 4.92. The third kappa shape index (κ3) is 3.74. The summed E-state index contributed by atoms with van der Waals surface area (Å²) in [7, 11) is 0. The average Bonchev–Trinajstić information content (AvgIpc) is 2.94. The molecule has 0 aliphatic carbocycles. The van der Waals surface area contributed by atoms with Gasteiger partial charge in [0.1, 0.15) is 5.75 Å². The van der Waals surface area contributed by atoms with Gasteiger partial charge in [-0.25, -0.2) is 0 Å². The Morgan fingerprint density at radius 1 is 1.40 bits per heavy atom. The Hall–Kier alpha value is -2.01. The van der Waals surface area contributed by atoms with E-state index in [2.05, 4.69) is 11.4 Å². The second-order valence-corrected chi connectivity index (χ2v) is 5.30. The molecule has 2 rings (SSSR count). The molecule has 0 saturated carbocycles. The van der Waals surface area contributed by atoms with E-state index in [1.54, 1.807) is 29.5 Å². The Balaban J connectivity index is 1.90. The van der Waals surface area contributed by atoms with Gasteiger partial charge in [-0.05, 0) is 43.0 Å². The fourth-order valence-electron chi connectivity index (χ4n) is 1.83. The van der Waals surface area contributed by atoms with E-state index in [0.29, 0.717) is 30.2 Å². The Bertz CT molecular complexity index is 567. The SMILES string of the molecule is CCOc1ccc(C(=O)NCCc2cccs2)cc1N. The lowest BCUT2D eigenvalue weighted by molar-refractivity contribution is 0.0954. The molecule has 0 spiro atoms. The van der Waals surface area contributed by atoms with Crippen molar-refractivity contribution in [3.8, 4) is 5.75 Å². The van der Waals surface area contributed by atoms with Gasteiger partial charge in [0.2, 0.25) is 0 Å². The predicted molar refractivity (Wildman–Crippen MR) is 82.4 cm³/mol. The summed E-state index contributed by atoms with van der Waals surface area (Å²) in [4.78, 5) is 13.3. The highest BCUT2D eigenvalue weighted by atomic mass is 32.1. The molecular formula is C15H18N2O2S. The van der Waals surface area contributed by atoms with E-state index >= 15 is 0 Å². The standard InChI is InChI=1S/C15H18N2O2S/c1-2-19-14-6-5-11(10-13(14)16)15(18)17-8-7-12-4-3-9-20-12/h3-6,9-10H,2,7-8,16H2,1H3,(H,17,18). The molecule has 0 atom stereocenters. The summed E-state index contributed by atoms with van der Waals surface area (Å²) in [6.07, 6.45) is 0.843. The molecule has 0 fully saturated rings. The highest BCUT2D eigenvalue weighted by molar-refractivity contribution is 7.09. The van der Waals surface area contributed by atoms with Crippen LogP contribution in [0.2, 0.25) is 0 Å². The monoisotopic (exact) mass is 290 g/mol. The van der Waals surface area contributed by atoms with E-state index in [9.17, 15) is 4.79 Å². The van der Waals surface area contributed by atoms with E-state index in [4.69, 9.17) is 10.5 Å². The van der Waals surface area contributed by atoms with Crippen LogP contribution in [0.1, 0.15) is 22.2 Å². The molecule has 2 aromatic rings. The van der Waals surface area contributed by atoms with Crippen molar-refractivity contribution in [3.63, 3.8) is 0 Å². The van der Waals surface area contributed by atoms with Crippen LogP contribution in [0.15, 0.2) is 35.7 Å². The molecule has 1 amide bonds. The molecule has 1 aromatic heterocycles. The zero-order chi connectivity index (χ0) is 14.4. The van der Waals surface area contributed by atoms with E-state index in [0.717, 1.165) is 6.42 Å². The fraction of sp³-hybridized carbons (Fsp3) is 0.267. The highest BCUT2D eigenvalue weighted by Gasteiger charge is 2.08. The molecule has 1 heterocycles. The number of amides is 1. The van der Waals surface area contributed by atoms with Gasteiger partial charge < -0.3 is 15.8 Å². The molecule has 0 saturated heterocycles. The number of nitrogen functional groups attached to an aromatic ring is 1. The number of hydrogen-bond donors (Lipinski definition) is 2. The Labute approximate surface area is 122 Å². The maximum absolute atomic E-state index is 12.0. The molecule has 5 heteroatoms. The fourth-order valence-corrected chi connectivity index (χ4v) is 2.54. The second kappa shape index (κ2) is 6.96. The van der Waals surface area contributed by atoms with Gasteiger partial charge >= 0.3 is 0 Å². The van der Waals surface area contributed by atoms with Crippen molar-refractivity contribution in [2.45, 2.75) is 13.3 Å². The van der Waals surface area contributed by atoms with Gasteiger partial charge in [0.15, 0.2) is 0 Å². The average molecular weight is 290 g/mol. The number of nitrogens with two attached hydrogens (primary N) is 1. The van der Waals surface area contributed by atoms with Gasteiger partial charge in [0, 0.05) is 17.0 Å². The number of anilines is 1. The first kappa shape index (κ1) is 14.4. The van der Waals surface area contributed by atoms with Crippen LogP contribution in [0, 0.1) is 0 Å². The third-order valence-corrected chi connectivity index (χ3v) is 3.75. The lowest BCUT2D eigenvalue weighted by atomic mass is 10.1. The van der Waals surface area contributed by atoms with Crippen molar-refractivity contribution in [2.24, 2.45) is 0 Å². The molecule has 0 unspecified atom stereocenters. The number of hydrogen-bond acceptors (Lipinski definition) is 4. The van der Waals surface area contributed by atoms with Crippen molar-refractivity contribution in [3.05, 3.63) is 46.2 Å². The van der Waals surface area contributed by atoms with Gasteiger partial charge in [-0.2, -0.15) is 0 Å². The number of ether oxygens (including phenoxy) is 1. The Kier molecular flexibility index (Phi) is 5.01. The number of thiophene rings is 1. The minimum Gasteiger partial charge on any atom is -0.492 e. The maximum atomic E-state index is 12.0. The predicted octanol–water partition coefficient (Wildman–Crippen LogP) is 2.70. The highest BCUT2D eigenvalue weighted by Crippen LogP contribution is 2.22. The molecule has 20 heavy (non-hydrogen) atoms. The Morgan fingerprint density at radius 3 is 2.90 bits per heavy atom. The number of nitrogens with one attached hydrogen (secondary N) is 1. The molecular weight excluding hydrogens is 272 g/mol. The van der Waals surface area contributed by atoms with Crippen molar-refractivity contribution in [1.82, 2.24) is 5.32 Å². The van der Waals surface area contributed by atoms with Gasteiger partial charge in [0.05, 0.1) is 12.3 Å². The molecule has 106 valence electrons. The topological polar surface area (TPSA) is 64.3 Å². The van der Waals surface area contributed by atoms with Gasteiger partial charge in [-0.15, -0.1) is 11.3 Å². The first-order valence-electron chi connectivity index (χ1n) is 6.53. The lowest BCUT2D eigenvalue weighted by Gasteiger charge is -2.09.